The number of rotatable bonds is 3. The summed E-state index contributed by atoms with van der Waals surface area (Å²) in [5.74, 6) is 0. The lowest BCUT2D eigenvalue weighted by Gasteiger charge is -2.13. The van der Waals surface area contributed by atoms with Crippen LogP contribution in [0.3, 0.4) is 0 Å². The van der Waals surface area contributed by atoms with Gasteiger partial charge >= 0.3 is 0 Å². The Labute approximate surface area is 210 Å². The van der Waals surface area contributed by atoms with Crippen LogP contribution in [0.1, 0.15) is 5.56 Å². The number of aromatic nitrogens is 1. The molecule has 0 spiro atoms. The van der Waals surface area contributed by atoms with Gasteiger partial charge in [0.25, 0.3) is 0 Å². The van der Waals surface area contributed by atoms with Gasteiger partial charge in [0.2, 0.25) is 0 Å². The summed E-state index contributed by atoms with van der Waals surface area (Å²) in [5, 5.41) is 5.16. The first-order chi connectivity index (χ1) is 17.8. The molecule has 0 radical (unpaired) electrons. The monoisotopic (exact) mass is 459 g/mol. The second-order valence-electron chi connectivity index (χ2n) is 9.48. The van der Waals surface area contributed by atoms with Crippen molar-refractivity contribution >= 4 is 32.6 Å². The number of para-hydroxylation sites is 1. The van der Waals surface area contributed by atoms with Gasteiger partial charge in [0, 0.05) is 16.5 Å². The highest BCUT2D eigenvalue weighted by molar-refractivity contribution is 6.11. The predicted molar refractivity (Wildman–Crippen MR) is 154 cm³/mol. The number of hydrogen-bond donors (Lipinski definition) is 0. The Morgan fingerprint density at radius 1 is 0.472 bits per heavy atom. The molecule has 170 valence electrons. The van der Waals surface area contributed by atoms with Gasteiger partial charge in [0.05, 0.1) is 11.0 Å². The zero-order valence-corrected chi connectivity index (χ0v) is 20.1. The van der Waals surface area contributed by atoms with Crippen molar-refractivity contribution in [3.05, 3.63) is 139 Å². The van der Waals surface area contributed by atoms with Gasteiger partial charge in [0.15, 0.2) is 0 Å². The van der Waals surface area contributed by atoms with E-state index in [0.717, 1.165) is 0 Å². The third-order valence-corrected chi connectivity index (χ3v) is 7.31. The van der Waals surface area contributed by atoms with E-state index in [0.29, 0.717) is 0 Å². The summed E-state index contributed by atoms with van der Waals surface area (Å²) in [6.07, 6.45) is 0. The maximum absolute atomic E-state index is 2.42. The standard InChI is InChI=1S/C35H25N/c1-24-10-7-13-26-14-9-18-30(35(24)26)28-20-21-32-31-17-5-6-19-33(31)36(34(32)23-28)29-16-8-15-27(22-29)25-11-3-2-4-12-25/h2-23H,1H3. The number of benzene rings is 6. The third kappa shape index (κ3) is 3.25. The molecule has 0 saturated carbocycles. The summed E-state index contributed by atoms with van der Waals surface area (Å²) in [6.45, 7) is 2.20. The first-order valence-corrected chi connectivity index (χ1v) is 12.5. The third-order valence-electron chi connectivity index (χ3n) is 7.31. The molecule has 1 nitrogen and oxygen atoms in total. The maximum atomic E-state index is 2.42. The molecule has 0 atom stereocenters. The Kier molecular flexibility index (Phi) is 4.75. The molecule has 0 unspecified atom stereocenters. The van der Waals surface area contributed by atoms with E-state index in [1.165, 1.54) is 66.1 Å². The highest BCUT2D eigenvalue weighted by Gasteiger charge is 2.15. The normalized spacial score (nSPS) is 11.5. The zero-order valence-electron chi connectivity index (χ0n) is 20.1. The lowest BCUT2D eigenvalue weighted by atomic mass is 9.94. The minimum absolute atomic E-state index is 1.17. The van der Waals surface area contributed by atoms with Gasteiger partial charge in [-0.2, -0.15) is 0 Å². The van der Waals surface area contributed by atoms with E-state index in [-0.39, 0.29) is 0 Å². The van der Waals surface area contributed by atoms with Crippen LogP contribution in [0, 0.1) is 6.92 Å². The Morgan fingerprint density at radius 2 is 1.19 bits per heavy atom. The van der Waals surface area contributed by atoms with Gasteiger partial charge < -0.3 is 4.57 Å². The van der Waals surface area contributed by atoms with Gasteiger partial charge in [-0.15, -0.1) is 0 Å². The van der Waals surface area contributed by atoms with Gasteiger partial charge in [-0.05, 0) is 69.8 Å². The highest BCUT2D eigenvalue weighted by Crippen LogP contribution is 2.37. The van der Waals surface area contributed by atoms with E-state index in [1.807, 2.05) is 0 Å². The Morgan fingerprint density at radius 3 is 2.08 bits per heavy atom. The van der Waals surface area contributed by atoms with Crippen LogP contribution in [-0.4, -0.2) is 4.57 Å². The fourth-order valence-corrected chi connectivity index (χ4v) is 5.64. The molecule has 0 saturated heterocycles. The summed E-state index contributed by atoms with van der Waals surface area (Å²) < 4.78 is 2.42. The van der Waals surface area contributed by atoms with Crippen LogP contribution < -0.4 is 0 Å². The Hall–Kier alpha value is -4.62. The van der Waals surface area contributed by atoms with Crippen molar-refractivity contribution in [3.63, 3.8) is 0 Å². The second kappa shape index (κ2) is 8.25. The molecule has 36 heavy (non-hydrogen) atoms. The van der Waals surface area contributed by atoms with Gasteiger partial charge in [-0.1, -0.05) is 109 Å². The molecule has 1 aromatic heterocycles. The molecule has 0 amide bonds. The largest absolute Gasteiger partial charge is 0.309 e. The summed E-state index contributed by atoms with van der Waals surface area (Å²) in [5.41, 5.74) is 9.90. The molecule has 0 bridgehead atoms. The zero-order chi connectivity index (χ0) is 24.1. The smallest absolute Gasteiger partial charge is 0.0547 e. The van der Waals surface area contributed by atoms with E-state index in [9.17, 15) is 0 Å². The molecule has 0 aliphatic carbocycles. The quantitative estimate of drug-likeness (QED) is 0.248. The molecule has 0 N–H and O–H groups in total. The predicted octanol–water partition coefficient (Wildman–Crippen LogP) is 9.58. The van der Waals surface area contributed by atoms with Crippen molar-refractivity contribution in [1.29, 1.82) is 0 Å². The van der Waals surface area contributed by atoms with Crippen molar-refractivity contribution in [2.75, 3.05) is 0 Å². The molecule has 0 fully saturated rings. The van der Waals surface area contributed by atoms with Crippen molar-refractivity contribution in [2.24, 2.45) is 0 Å². The molecule has 0 aliphatic heterocycles. The topological polar surface area (TPSA) is 4.93 Å². The van der Waals surface area contributed by atoms with E-state index < -0.39 is 0 Å². The molecular weight excluding hydrogens is 434 g/mol. The molecule has 6 aromatic carbocycles. The Bertz CT molecular complexity index is 1880. The maximum Gasteiger partial charge on any atom is 0.0547 e. The number of fused-ring (bicyclic) bond motifs is 4. The molecule has 7 aromatic rings. The minimum atomic E-state index is 1.17. The molecule has 1 heteroatoms. The van der Waals surface area contributed by atoms with E-state index in [2.05, 4.69) is 145 Å². The van der Waals surface area contributed by atoms with E-state index in [1.54, 1.807) is 0 Å². The summed E-state index contributed by atoms with van der Waals surface area (Å²) in [6, 6.07) is 48.3. The fraction of sp³-hybridized carbons (Fsp3) is 0.0286. The average molecular weight is 460 g/mol. The summed E-state index contributed by atoms with van der Waals surface area (Å²) in [4.78, 5) is 0. The SMILES string of the molecule is Cc1cccc2cccc(-c3ccc4c5ccccc5n(-c5cccc(-c6ccccc6)c5)c4c3)c12. The molecule has 7 rings (SSSR count). The number of nitrogens with zero attached hydrogens (tertiary/aromatic N) is 1. The van der Waals surface area contributed by atoms with E-state index in [4.69, 9.17) is 0 Å². The first kappa shape index (κ1) is 20.7. The van der Waals surface area contributed by atoms with Gasteiger partial charge in [-0.25, -0.2) is 0 Å². The van der Waals surface area contributed by atoms with Crippen LogP contribution in [0.4, 0.5) is 0 Å². The van der Waals surface area contributed by atoms with Crippen molar-refractivity contribution in [1.82, 2.24) is 4.57 Å². The Balaban J connectivity index is 1.51. The highest BCUT2D eigenvalue weighted by atomic mass is 15.0. The van der Waals surface area contributed by atoms with Crippen LogP contribution in [0.15, 0.2) is 133 Å². The van der Waals surface area contributed by atoms with Crippen LogP contribution in [-0.2, 0) is 0 Å². The first-order valence-electron chi connectivity index (χ1n) is 12.5. The van der Waals surface area contributed by atoms with Crippen LogP contribution in [0.5, 0.6) is 0 Å². The van der Waals surface area contributed by atoms with Crippen LogP contribution >= 0.6 is 0 Å². The lowest BCUT2D eigenvalue weighted by molar-refractivity contribution is 1.18. The number of aryl methyl sites for hydroxylation is 1. The molecular formula is C35H25N. The van der Waals surface area contributed by atoms with Crippen LogP contribution in [0.2, 0.25) is 0 Å². The lowest BCUT2D eigenvalue weighted by Crippen LogP contribution is -1.94. The fourth-order valence-electron chi connectivity index (χ4n) is 5.64. The van der Waals surface area contributed by atoms with Gasteiger partial charge in [-0.3, -0.25) is 0 Å². The van der Waals surface area contributed by atoms with Gasteiger partial charge in [0.1, 0.15) is 0 Å². The number of hydrogen-bond acceptors (Lipinski definition) is 0. The minimum Gasteiger partial charge on any atom is -0.309 e. The van der Waals surface area contributed by atoms with Crippen molar-refractivity contribution in [2.45, 2.75) is 6.92 Å². The summed E-state index contributed by atoms with van der Waals surface area (Å²) in [7, 11) is 0. The molecule has 0 aliphatic rings. The van der Waals surface area contributed by atoms with Crippen LogP contribution in [0.25, 0.3) is 60.5 Å². The molecule has 1 heterocycles. The second-order valence-corrected chi connectivity index (χ2v) is 9.48. The van der Waals surface area contributed by atoms with Crippen molar-refractivity contribution in [3.8, 4) is 27.9 Å². The average Bonchev–Trinajstić information content (AvgIpc) is 3.27. The van der Waals surface area contributed by atoms with Crippen molar-refractivity contribution < 1.29 is 0 Å². The summed E-state index contributed by atoms with van der Waals surface area (Å²) >= 11 is 0. The van der Waals surface area contributed by atoms with E-state index >= 15 is 0 Å².